The van der Waals surface area contributed by atoms with Crippen molar-refractivity contribution in [2.24, 2.45) is 0 Å². The molecular formula is C23H28FN. The van der Waals surface area contributed by atoms with Crippen LogP contribution in [-0.2, 0) is 0 Å². The lowest BCUT2D eigenvalue weighted by Crippen LogP contribution is -2.22. The summed E-state index contributed by atoms with van der Waals surface area (Å²) in [7, 11) is 0. The summed E-state index contributed by atoms with van der Waals surface area (Å²) < 4.78 is 13.9. The van der Waals surface area contributed by atoms with Crippen molar-refractivity contribution in [3.05, 3.63) is 70.5 Å². The van der Waals surface area contributed by atoms with Crippen LogP contribution in [0.2, 0.25) is 0 Å². The first-order valence-corrected chi connectivity index (χ1v) is 9.39. The molecule has 2 atom stereocenters. The van der Waals surface area contributed by atoms with Crippen molar-refractivity contribution in [3.63, 3.8) is 0 Å². The molecule has 0 fully saturated rings. The van der Waals surface area contributed by atoms with Crippen LogP contribution in [0.3, 0.4) is 0 Å². The summed E-state index contributed by atoms with van der Waals surface area (Å²) in [6, 6.07) is 12.1. The third-order valence-electron chi connectivity index (χ3n) is 5.50. The maximum Gasteiger partial charge on any atom is 0.123 e. The lowest BCUT2D eigenvalue weighted by Gasteiger charge is -2.25. The van der Waals surface area contributed by atoms with E-state index >= 15 is 0 Å². The van der Waals surface area contributed by atoms with E-state index in [1.165, 1.54) is 22.4 Å². The van der Waals surface area contributed by atoms with Crippen LogP contribution in [0.15, 0.2) is 42.5 Å². The predicted octanol–water partition coefficient (Wildman–Crippen LogP) is 6.34. The molecular weight excluding hydrogens is 309 g/mol. The molecule has 1 nitrogen and oxygen atoms in total. The summed E-state index contributed by atoms with van der Waals surface area (Å²) in [6.07, 6.45) is 5.39. The molecule has 3 rings (SSSR count). The summed E-state index contributed by atoms with van der Waals surface area (Å²) in [5.41, 5.74) is 6.24. The Bertz CT molecular complexity index is 774. The Balaban J connectivity index is 2.16. The number of hydrogen-bond acceptors (Lipinski definition) is 1. The second-order valence-electron chi connectivity index (χ2n) is 7.02. The number of fused-ring (bicyclic) bond motifs is 2. The SMILES string of the molecule is CCN(CC)c1ccc2c(c1)C(C)c1ccc(F)cc1C(C)C/C=C/2. The lowest BCUT2D eigenvalue weighted by atomic mass is 9.83. The molecule has 25 heavy (non-hydrogen) atoms. The number of nitrogens with zero attached hydrogens (tertiary/aromatic N) is 1. The van der Waals surface area contributed by atoms with Gasteiger partial charge in [0.15, 0.2) is 0 Å². The number of benzene rings is 2. The Labute approximate surface area is 151 Å². The molecule has 0 saturated carbocycles. The highest BCUT2D eigenvalue weighted by Gasteiger charge is 2.21. The van der Waals surface area contributed by atoms with Gasteiger partial charge < -0.3 is 4.90 Å². The molecule has 2 aromatic carbocycles. The first kappa shape index (κ1) is 17.7. The van der Waals surface area contributed by atoms with Crippen molar-refractivity contribution < 1.29 is 4.39 Å². The summed E-state index contributed by atoms with van der Waals surface area (Å²) in [5, 5.41) is 0. The van der Waals surface area contributed by atoms with Crippen LogP contribution < -0.4 is 4.90 Å². The fraction of sp³-hybridized carbons (Fsp3) is 0.391. The molecule has 0 heterocycles. The van der Waals surface area contributed by atoms with E-state index in [4.69, 9.17) is 0 Å². The molecule has 0 saturated heterocycles. The van der Waals surface area contributed by atoms with Crippen molar-refractivity contribution in [2.75, 3.05) is 18.0 Å². The van der Waals surface area contributed by atoms with Gasteiger partial charge in [0, 0.05) is 24.7 Å². The van der Waals surface area contributed by atoms with Gasteiger partial charge in [-0.1, -0.05) is 38.1 Å². The van der Waals surface area contributed by atoms with Gasteiger partial charge >= 0.3 is 0 Å². The monoisotopic (exact) mass is 337 g/mol. The predicted molar refractivity (Wildman–Crippen MR) is 106 cm³/mol. The van der Waals surface area contributed by atoms with Gasteiger partial charge in [0.1, 0.15) is 5.82 Å². The van der Waals surface area contributed by atoms with Gasteiger partial charge in [-0.2, -0.15) is 0 Å². The van der Waals surface area contributed by atoms with Gasteiger partial charge in [-0.3, -0.25) is 0 Å². The molecule has 0 amide bonds. The van der Waals surface area contributed by atoms with Crippen LogP contribution in [-0.4, -0.2) is 13.1 Å². The number of rotatable bonds is 3. The third kappa shape index (κ3) is 3.49. The summed E-state index contributed by atoms with van der Waals surface area (Å²) in [4.78, 5) is 2.37. The van der Waals surface area contributed by atoms with Gasteiger partial charge in [-0.25, -0.2) is 4.39 Å². The van der Waals surface area contributed by atoms with Crippen molar-refractivity contribution >= 4 is 11.8 Å². The highest BCUT2D eigenvalue weighted by molar-refractivity contribution is 5.63. The van der Waals surface area contributed by atoms with E-state index in [1.54, 1.807) is 12.1 Å². The molecule has 0 aromatic heterocycles. The van der Waals surface area contributed by atoms with E-state index in [2.05, 4.69) is 62.9 Å². The summed E-state index contributed by atoms with van der Waals surface area (Å²) in [6.45, 7) is 10.8. The molecule has 1 aliphatic carbocycles. The van der Waals surface area contributed by atoms with E-state index in [1.807, 2.05) is 6.07 Å². The number of hydrogen-bond donors (Lipinski definition) is 0. The zero-order chi connectivity index (χ0) is 18.0. The summed E-state index contributed by atoms with van der Waals surface area (Å²) >= 11 is 0. The van der Waals surface area contributed by atoms with Crippen LogP contribution in [0.5, 0.6) is 0 Å². The number of allylic oxidation sites excluding steroid dienone is 1. The van der Waals surface area contributed by atoms with Crippen LogP contribution in [0.1, 0.15) is 68.2 Å². The quantitative estimate of drug-likeness (QED) is 0.631. The minimum absolute atomic E-state index is 0.141. The average Bonchev–Trinajstić information content (AvgIpc) is 2.66. The molecule has 0 aliphatic heterocycles. The van der Waals surface area contributed by atoms with Gasteiger partial charge in [-0.05, 0) is 72.7 Å². The molecule has 2 aromatic rings. The minimum Gasteiger partial charge on any atom is -0.372 e. The average molecular weight is 337 g/mol. The smallest absolute Gasteiger partial charge is 0.123 e. The lowest BCUT2D eigenvalue weighted by molar-refractivity contribution is 0.618. The molecule has 0 N–H and O–H groups in total. The van der Waals surface area contributed by atoms with E-state index in [9.17, 15) is 4.39 Å². The molecule has 0 spiro atoms. The van der Waals surface area contributed by atoms with Crippen LogP contribution in [0, 0.1) is 5.82 Å². The van der Waals surface area contributed by atoms with E-state index < -0.39 is 0 Å². The first-order chi connectivity index (χ1) is 12.0. The van der Waals surface area contributed by atoms with E-state index in [0.717, 1.165) is 25.1 Å². The van der Waals surface area contributed by atoms with Gasteiger partial charge in [-0.15, -0.1) is 0 Å². The standard InChI is InChI=1S/C23H28FN/c1-5-25(6-2)20-12-10-18-9-7-8-16(3)22-14-19(24)11-13-21(22)17(4)23(18)15-20/h7,9-17H,5-6,8H2,1-4H3/b9-7+. The van der Waals surface area contributed by atoms with Gasteiger partial charge in [0.25, 0.3) is 0 Å². The fourth-order valence-electron chi connectivity index (χ4n) is 3.93. The first-order valence-electron chi connectivity index (χ1n) is 9.39. The second kappa shape index (κ2) is 7.43. The Morgan fingerprint density at radius 2 is 1.72 bits per heavy atom. The number of anilines is 1. The van der Waals surface area contributed by atoms with E-state index in [-0.39, 0.29) is 11.7 Å². The van der Waals surface area contributed by atoms with Crippen LogP contribution in [0.25, 0.3) is 6.08 Å². The normalized spacial score (nSPS) is 20.7. The molecule has 0 bridgehead atoms. The maximum atomic E-state index is 13.9. The Morgan fingerprint density at radius 1 is 0.960 bits per heavy atom. The maximum absolute atomic E-state index is 13.9. The Kier molecular flexibility index (Phi) is 5.27. The molecule has 0 radical (unpaired) electrons. The van der Waals surface area contributed by atoms with Gasteiger partial charge in [0.2, 0.25) is 0 Å². The fourth-order valence-corrected chi connectivity index (χ4v) is 3.93. The minimum atomic E-state index is -0.141. The van der Waals surface area contributed by atoms with E-state index in [0.29, 0.717) is 5.92 Å². The van der Waals surface area contributed by atoms with Crippen molar-refractivity contribution in [3.8, 4) is 0 Å². The third-order valence-corrected chi connectivity index (χ3v) is 5.50. The topological polar surface area (TPSA) is 3.24 Å². The highest BCUT2D eigenvalue weighted by Crippen LogP contribution is 2.37. The largest absolute Gasteiger partial charge is 0.372 e. The molecule has 2 unspecified atom stereocenters. The summed E-state index contributed by atoms with van der Waals surface area (Å²) in [5.74, 6) is 0.422. The molecule has 132 valence electrons. The van der Waals surface area contributed by atoms with Gasteiger partial charge in [0.05, 0.1) is 0 Å². The Morgan fingerprint density at radius 3 is 2.44 bits per heavy atom. The van der Waals surface area contributed by atoms with Crippen LogP contribution in [0.4, 0.5) is 10.1 Å². The van der Waals surface area contributed by atoms with Crippen molar-refractivity contribution in [2.45, 2.75) is 46.0 Å². The zero-order valence-electron chi connectivity index (χ0n) is 15.7. The molecule has 2 heteroatoms. The Hall–Kier alpha value is -2.09. The van der Waals surface area contributed by atoms with Crippen molar-refractivity contribution in [1.82, 2.24) is 0 Å². The van der Waals surface area contributed by atoms with Crippen molar-refractivity contribution in [1.29, 1.82) is 0 Å². The molecule has 1 aliphatic rings. The number of halogens is 1. The highest BCUT2D eigenvalue weighted by atomic mass is 19.1. The van der Waals surface area contributed by atoms with Crippen LogP contribution >= 0.6 is 0 Å². The second-order valence-corrected chi connectivity index (χ2v) is 7.02. The zero-order valence-corrected chi connectivity index (χ0v) is 15.7.